The molecule has 1 saturated heterocycles. The van der Waals surface area contributed by atoms with Crippen LogP contribution in [-0.2, 0) is 6.54 Å². The number of para-hydroxylation sites is 1. The number of benzene rings is 2. The average Bonchev–Trinajstić information content (AvgIpc) is 3.20. The number of aryl methyl sites for hydroxylation is 1. The number of nitrogens with one attached hydrogen (secondary N) is 1. The van der Waals surface area contributed by atoms with E-state index in [1.165, 1.54) is 0 Å². The topological polar surface area (TPSA) is 56.6 Å². The molecule has 0 atom stereocenters. The lowest BCUT2D eigenvalue weighted by Gasteiger charge is -2.36. The SMILES string of the molecule is CCCN(Cc1c(C)nn(-c2ccccc2)c1N1CCN(CC)CC1)C(=O)Nc1cccc(Cl)c1. The van der Waals surface area contributed by atoms with Crippen LogP contribution in [0, 0.1) is 6.92 Å². The van der Waals surface area contributed by atoms with E-state index in [2.05, 4.69) is 41.1 Å². The number of aromatic nitrogens is 2. The van der Waals surface area contributed by atoms with Crippen LogP contribution in [0.15, 0.2) is 54.6 Å². The van der Waals surface area contributed by atoms with Crippen molar-refractivity contribution in [2.45, 2.75) is 33.7 Å². The third-order valence-corrected chi connectivity index (χ3v) is 6.72. The van der Waals surface area contributed by atoms with Crippen LogP contribution in [0.3, 0.4) is 0 Å². The van der Waals surface area contributed by atoms with Gasteiger partial charge in [0.15, 0.2) is 0 Å². The van der Waals surface area contributed by atoms with Crippen molar-refractivity contribution in [3.05, 3.63) is 70.9 Å². The molecule has 1 aliphatic heterocycles. The highest BCUT2D eigenvalue weighted by Crippen LogP contribution is 2.30. The van der Waals surface area contributed by atoms with Crippen molar-refractivity contribution in [3.63, 3.8) is 0 Å². The van der Waals surface area contributed by atoms with Gasteiger partial charge in [-0.3, -0.25) is 0 Å². The van der Waals surface area contributed by atoms with Gasteiger partial charge in [-0.1, -0.05) is 49.7 Å². The molecule has 2 aromatic carbocycles. The lowest BCUT2D eigenvalue weighted by atomic mass is 10.2. The van der Waals surface area contributed by atoms with Crippen LogP contribution in [0.1, 0.15) is 31.5 Å². The Morgan fingerprint density at radius 1 is 1.06 bits per heavy atom. The summed E-state index contributed by atoms with van der Waals surface area (Å²) in [4.78, 5) is 20.1. The monoisotopic (exact) mass is 494 g/mol. The van der Waals surface area contributed by atoms with Gasteiger partial charge < -0.3 is 20.0 Å². The van der Waals surface area contributed by atoms with Gasteiger partial charge in [-0.15, -0.1) is 0 Å². The first-order valence-corrected chi connectivity index (χ1v) is 12.8. The molecule has 0 spiro atoms. The summed E-state index contributed by atoms with van der Waals surface area (Å²) < 4.78 is 2.05. The molecule has 0 radical (unpaired) electrons. The van der Waals surface area contributed by atoms with Gasteiger partial charge in [0.2, 0.25) is 0 Å². The van der Waals surface area contributed by atoms with Crippen molar-refractivity contribution >= 4 is 29.1 Å². The fraction of sp³-hybridized carbons (Fsp3) is 0.407. The van der Waals surface area contributed by atoms with Crippen molar-refractivity contribution < 1.29 is 4.79 Å². The number of urea groups is 1. The number of hydrogen-bond acceptors (Lipinski definition) is 4. The normalized spacial score (nSPS) is 14.2. The number of carbonyl (C=O) groups is 1. The van der Waals surface area contributed by atoms with Gasteiger partial charge in [0.1, 0.15) is 5.82 Å². The van der Waals surface area contributed by atoms with Crippen LogP contribution >= 0.6 is 11.6 Å². The number of nitrogens with zero attached hydrogens (tertiary/aromatic N) is 5. The lowest BCUT2D eigenvalue weighted by molar-refractivity contribution is 0.209. The van der Waals surface area contributed by atoms with Crippen molar-refractivity contribution in [2.24, 2.45) is 0 Å². The van der Waals surface area contributed by atoms with Crippen LogP contribution in [0.25, 0.3) is 5.69 Å². The van der Waals surface area contributed by atoms with Crippen LogP contribution in [-0.4, -0.2) is 64.9 Å². The summed E-state index contributed by atoms with van der Waals surface area (Å²) in [5, 5.41) is 8.56. The number of hydrogen-bond donors (Lipinski definition) is 1. The molecular formula is C27H35ClN6O. The van der Waals surface area contributed by atoms with Gasteiger partial charge in [0.25, 0.3) is 0 Å². The molecule has 1 fully saturated rings. The van der Waals surface area contributed by atoms with Gasteiger partial charge in [0.05, 0.1) is 17.9 Å². The molecular weight excluding hydrogens is 460 g/mol. The Hall–Kier alpha value is -3.03. The highest BCUT2D eigenvalue weighted by molar-refractivity contribution is 6.30. The van der Waals surface area contributed by atoms with Crippen LogP contribution in [0.4, 0.5) is 16.3 Å². The zero-order valence-electron chi connectivity index (χ0n) is 20.9. The van der Waals surface area contributed by atoms with Gasteiger partial charge >= 0.3 is 6.03 Å². The van der Waals surface area contributed by atoms with Gasteiger partial charge in [-0.05, 0) is 50.2 Å². The minimum absolute atomic E-state index is 0.136. The summed E-state index contributed by atoms with van der Waals surface area (Å²) in [7, 11) is 0. The molecule has 1 N–H and O–H groups in total. The highest BCUT2D eigenvalue weighted by Gasteiger charge is 2.27. The Bertz CT molecular complexity index is 1120. The highest BCUT2D eigenvalue weighted by atomic mass is 35.5. The molecule has 7 nitrogen and oxygen atoms in total. The van der Waals surface area contributed by atoms with Crippen LogP contribution in [0.5, 0.6) is 0 Å². The maximum absolute atomic E-state index is 13.3. The number of likely N-dealkylation sites (N-methyl/N-ethyl adjacent to an activating group) is 1. The second-order valence-corrected chi connectivity index (χ2v) is 9.35. The number of amides is 2. The third-order valence-electron chi connectivity index (χ3n) is 6.48. The van der Waals surface area contributed by atoms with E-state index in [4.69, 9.17) is 16.7 Å². The third kappa shape index (κ3) is 5.97. The average molecular weight is 495 g/mol. The molecule has 2 heterocycles. The van der Waals surface area contributed by atoms with Crippen molar-refractivity contribution in [1.29, 1.82) is 0 Å². The Morgan fingerprint density at radius 3 is 2.46 bits per heavy atom. The van der Waals surface area contributed by atoms with E-state index in [0.717, 1.165) is 61.9 Å². The molecule has 1 aliphatic rings. The van der Waals surface area contributed by atoms with E-state index < -0.39 is 0 Å². The first-order chi connectivity index (χ1) is 17.0. The van der Waals surface area contributed by atoms with E-state index in [9.17, 15) is 4.79 Å². The smallest absolute Gasteiger partial charge is 0.322 e. The first-order valence-electron chi connectivity index (χ1n) is 12.4. The van der Waals surface area contributed by atoms with E-state index in [0.29, 0.717) is 23.8 Å². The minimum atomic E-state index is -0.136. The van der Waals surface area contributed by atoms with Crippen molar-refractivity contribution in [1.82, 2.24) is 19.6 Å². The molecule has 8 heteroatoms. The number of piperazine rings is 1. The standard InChI is InChI=1S/C27H35ClN6O/c1-4-14-33(27(35)29-23-11-9-10-22(28)19-23)20-25-21(3)30-34(24-12-7-6-8-13-24)26(25)32-17-15-31(5-2)16-18-32/h6-13,19H,4-5,14-18,20H2,1-3H3,(H,29,35). The van der Waals surface area contributed by atoms with Crippen LogP contribution < -0.4 is 10.2 Å². The number of rotatable bonds is 8. The summed E-state index contributed by atoms with van der Waals surface area (Å²) in [5.74, 6) is 1.08. The lowest BCUT2D eigenvalue weighted by Crippen LogP contribution is -2.47. The quantitative estimate of drug-likeness (QED) is 0.454. The minimum Gasteiger partial charge on any atom is -0.354 e. The first kappa shape index (κ1) is 25.1. The molecule has 2 amide bonds. The van der Waals surface area contributed by atoms with E-state index in [-0.39, 0.29) is 6.03 Å². The van der Waals surface area contributed by atoms with Crippen molar-refractivity contribution in [3.8, 4) is 5.69 Å². The maximum Gasteiger partial charge on any atom is 0.322 e. The Labute approximate surface area is 213 Å². The predicted octanol–water partition coefficient (Wildman–Crippen LogP) is 5.42. The van der Waals surface area contributed by atoms with E-state index >= 15 is 0 Å². The van der Waals surface area contributed by atoms with Gasteiger partial charge in [0, 0.05) is 49.0 Å². The molecule has 0 bridgehead atoms. The summed E-state index contributed by atoms with van der Waals surface area (Å²) in [6.45, 7) is 12.4. The van der Waals surface area contributed by atoms with E-state index in [1.54, 1.807) is 12.1 Å². The molecule has 1 aromatic heterocycles. The predicted molar refractivity (Wildman–Crippen MR) is 144 cm³/mol. The molecule has 4 rings (SSSR count). The second kappa shape index (κ2) is 11.6. The molecule has 0 unspecified atom stereocenters. The summed E-state index contributed by atoms with van der Waals surface area (Å²) >= 11 is 6.12. The Kier molecular flexibility index (Phi) is 8.31. The number of carbonyl (C=O) groups excluding carboxylic acids is 1. The summed E-state index contributed by atoms with van der Waals surface area (Å²) in [6, 6.07) is 17.4. The Balaban J connectivity index is 1.66. The van der Waals surface area contributed by atoms with Crippen LogP contribution in [0.2, 0.25) is 5.02 Å². The molecule has 3 aromatic rings. The van der Waals surface area contributed by atoms with E-state index in [1.807, 2.05) is 46.8 Å². The maximum atomic E-state index is 13.3. The van der Waals surface area contributed by atoms with Gasteiger partial charge in [-0.2, -0.15) is 5.10 Å². The molecule has 35 heavy (non-hydrogen) atoms. The Morgan fingerprint density at radius 2 is 1.80 bits per heavy atom. The number of halogens is 1. The zero-order valence-corrected chi connectivity index (χ0v) is 21.6. The molecule has 0 saturated carbocycles. The van der Waals surface area contributed by atoms with Crippen molar-refractivity contribution in [2.75, 3.05) is 49.5 Å². The zero-order chi connectivity index (χ0) is 24.8. The largest absolute Gasteiger partial charge is 0.354 e. The fourth-order valence-electron chi connectivity index (χ4n) is 4.56. The second-order valence-electron chi connectivity index (χ2n) is 8.92. The summed E-state index contributed by atoms with van der Waals surface area (Å²) in [5.41, 5.74) is 3.75. The summed E-state index contributed by atoms with van der Waals surface area (Å²) in [6.07, 6.45) is 0.860. The van der Waals surface area contributed by atoms with Gasteiger partial charge in [-0.25, -0.2) is 9.48 Å². The molecule has 186 valence electrons. The molecule has 0 aliphatic carbocycles. The number of anilines is 2. The fourth-order valence-corrected chi connectivity index (χ4v) is 4.75.